The van der Waals surface area contributed by atoms with Gasteiger partial charge in [-0.2, -0.15) is 0 Å². The fourth-order valence-electron chi connectivity index (χ4n) is 3.31. The summed E-state index contributed by atoms with van der Waals surface area (Å²) in [6.07, 6.45) is -0.511. The predicted molar refractivity (Wildman–Crippen MR) is 109 cm³/mol. The van der Waals surface area contributed by atoms with Crippen LogP contribution in [-0.2, 0) is 12.0 Å². The van der Waals surface area contributed by atoms with Crippen LogP contribution >= 0.6 is 0 Å². The first-order valence-electron chi connectivity index (χ1n) is 9.35. The van der Waals surface area contributed by atoms with Gasteiger partial charge in [-0.3, -0.25) is 0 Å². The lowest BCUT2D eigenvalue weighted by molar-refractivity contribution is -0.906. The van der Waals surface area contributed by atoms with Crippen LogP contribution in [0.2, 0.25) is 0 Å². The molecular formula is C23H34NO2+. The molecule has 2 aromatic rings. The second-order valence-corrected chi connectivity index (χ2v) is 8.98. The highest BCUT2D eigenvalue weighted by molar-refractivity contribution is 5.41. The average molecular weight is 357 g/mol. The van der Waals surface area contributed by atoms with E-state index in [1.54, 1.807) is 0 Å². The third-order valence-electron chi connectivity index (χ3n) is 4.53. The number of hydrogen-bond acceptors (Lipinski definition) is 2. The van der Waals surface area contributed by atoms with Crippen molar-refractivity contribution in [1.82, 2.24) is 0 Å². The maximum atomic E-state index is 10.5. The van der Waals surface area contributed by atoms with Crippen LogP contribution < -0.4 is 4.74 Å². The molecule has 0 aliphatic rings. The Labute approximate surface area is 158 Å². The molecule has 26 heavy (non-hydrogen) atoms. The summed E-state index contributed by atoms with van der Waals surface area (Å²) in [7, 11) is 4.28. The largest absolute Gasteiger partial charge is 0.490 e. The number of aliphatic hydroxyl groups is 1. The minimum atomic E-state index is -0.511. The lowest BCUT2D eigenvalue weighted by Crippen LogP contribution is -2.46. The lowest BCUT2D eigenvalue weighted by Gasteiger charge is -2.32. The summed E-state index contributed by atoms with van der Waals surface area (Å²) in [5, 5.41) is 10.5. The van der Waals surface area contributed by atoms with Crippen LogP contribution in [-0.4, -0.2) is 42.9 Å². The van der Waals surface area contributed by atoms with E-state index in [-0.39, 0.29) is 5.41 Å². The maximum absolute atomic E-state index is 10.5. The van der Waals surface area contributed by atoms with Crippen molar-refractivity contribution >= 4 is 0 Å². The van der Waals surface area contributed by atoms with Crippen molar-refractivity contribution in [3.8, 4) is 5.75 Å². The van der Waals surface area contributed by atoms with Crippen molar-refractivity contribution in [2.75, 3.05) is 27.2 Å². The van der Waals surface area contributed by atoms with E-state index in [0.29, 0.717) is 17.6 Å². The van der Waals surface area contributed by atoms with E-state index in [0.717, 1.165) is 12.3 Å². The number of rotatable bonds is 7. The van der Waals surface area contributed by atoms with Gasteiger partial charge in [0.1, 0.15) is 31.5 Å². The molecule has 0 amide bonds. The molecule has 0 saturated carbocycles. The summed E-state index contributed by atoms with van der Waals surface area (Å²) in [6, 6.07) is 16.7. The zero-order chi connectivity index (χ0) is 19.4. The van der Waals surface area contributed by atoms with E-state index in [4.69, 9.17) is 4.74 Å². The highest BCUT2D eigenvalue weighted by atomic mass is 16.5. The van der Waals surface area contributed by atoms with Gasteiger partial charge in [-0.05, 0) is 24.0 Å². The number of ether oxygens (including phenoxy) is 1. The van der Waals surface area contributed by atoms with Gasteiger partial charge in [-0.15, -0.1) is 0 Å². The van der Waals surface area contributed by atoms with E-state index < -0.39 is 6.10 Å². The molecular weight excluding hydrogens is 322 g/mol. The third-order valence-corrected chi connectivity index (χ3v) is 4.53. The van der Waals surface area contributed by atoms with Crippen LogP contribution in [0.4, 0.5) is 0 Å². The van der Waals surface area contributed by atoms with Gasteiger partial charge in [0.2, 0.25) is 0 Å². The molecule has 0 aliphatic carbocycles. The molecule has 142 valence electrons. The molecule has 1 atom stereocenters. The van der Waals surface area contributed by atoms with Crippen molar-refractivity contribution in [3.05, 3.63) is 65.2 Å². The summed E-state index contributed by atoms with van der Waals surface area (Å²) < 4.78 is 6.73. The molecule has 0 heterocycles. The first kappa shape index (κ1) is 20.5. The van der Waals surface area contributed by atoms with Gasteiger partial charge in [-0.25, -0.2) is 0 Å². The third kappa shape index (κ3) is 6.15. The van der Waals surface area contributed by atoms with Crippen molar-refractivity contribution in [2.45, 2.75) is 45.8 Å². The van der Waals surface area contributed by atoms with E-state index in [9.17, 15) is 5.11 Å². The van der Waals surface area contributed by atoms with Crippen LogP contribution in [0.5, 0.6) is 5.75 Å². The number of likely N-dealkylation sites (N-methyl/N-ethyl adjacent to an activating group) is 1. The molecule has 0 unspecified atom stereocenters. The molecule has 2 rings (SSSR count). The summed E-state index contributed by atoms with van der Waals surface area (Å²) in [6.45, 7) is 10.5. The van der Waals surface area contributed by atoms with Gasteiger partial charge in [0.25, 0.3) is 0 Å². The van der Waals surface area contributed by atoms with Crippen molar-refractivity contribution in [3.63, 3.8) is 0 Å². The molecule has 0 aliphatic heterocycles. The maximum Gasteiger partial charge on any atom is 0.137 e. The Bertz CT molecular complexity index is 702. The molecule has 0 spiro atoms. The molecule has 0 bridgehead atoms. The van der Waals surface area contributed by atoms with E-state index in [2.05, 4.69) is 78.2 Å². The minimum absolute atomic E-state index is 0.00888. The van der Waals surface area contributed by atoms with Crippen molar-refractivity contribution in [1.29, 1.82) is 0 Å². The summed E-state index contributed by atoms with van der Waals surface area (Å²) >= 11 is 0. The summed E-state index contributed by atoms with van der Waals surface area (Å²) in [4.78, 5) is 0. The average Bonchev–Trinajstić information content (AvgIpc) is 2.52. The second-order valence-electron chi connectivity index (χ2n) is 8.98. The van der Waals surface area contributed by atoms with Gasteiger partial charge >= 0.3 is 0 Å². The SMILES string of the molecule is Cc1ccc(OC[C@@H](O)C[N+](C)(C)Cc2ccccc2)c(C(C)(C)C)c1. The molecule has 0 saturated heterocycles. The molecule has 0 aromatic heterocycles. The van der Waals surface area contributed by atoms with Crippen LogP contribution in [0, 0.1) is 6.92 Å². The Hall–Kier alpha value is -1.84. The van der Waals surface area contributed by atoms with E-state index >= 15 is 0 Å². The van der Waals surface area contributed by atoms with E-state index in [1.807, 2.05) is 12.1 Å². The predicted octanol–water partition coefficient (Wildman–Crippen LogP) is 4.31. The smallest absolute Gasteiger partial charge is 0.137 e. The molecule has 1 N–H and O–H groups in total. The first-order chi connectivity index (χ1) is 12.1. The van der Waals surface area contributed by atoms with Crippen molar-refractivity contribution < 1.29 is 14.3 Å². The summed E-state index contributed by atoms with van der Waals surface area (Å²) in [5.74, 6) is 0.871. The molecule has 0 fully saturated rings. The number of nitrogens with zero attached hydrogens (tertiary/aromatic N) is 1. The van der Waals surface area contributed by atoms with Gasteiger partial charge in [0, 0.05) is 5.56 Å². The highest BCUT2D eigenvalue weighted by Gasteiger charge is 2.23. The number of hydrogen-bond donors (Lipinski definition) is 1. The second kappa shape index (κ2) is 8.24. The number of quaternary nitrogens is 1. The number of aliphatic hydroxyl groups excluding tert-OH is 1. The van der Waals surface area contributed by atoms with Gasteiger partial charge in [-0.1, -0.05) is 68.8 Å². The number of aryl methyl sites for hydroxylation is 1. The normalized spacial score (nSPS) is 13.5. The molecule has 0 radical (unpaired) electrons. The Morgan fingerprint density at radius 3 is 2.31 bits per heavy atom. The Morgan fingerprint density at radius 2 is 1.69 bits per heavy atom. The van der Waals surface area contributed by atoms with Crippen LogP contribution in [0.1, 0.15) is 37.5 Å². The topological polar surface area (TPSA) is 29.5 Å². The first-order valence-corrected chi connectivity index (χ1v) is 9.35. The molecule has 2 aromatic carbocycles. The van der Waals surface area contributed by atoms with Crippen LogP contribution in [0.3, 0.4) is 0 Å². The fourth-order valence-corrected chi connectivity index (χ4v) is 3.31. The monoisotopic (exact) mass is 356 g/mol. The standard InChI is InChI=1S/C23H34NO2/c1-18-12-13-22(21(14-18)23(2,3)4)26-17-20(25)16-24(5,6)15-19-10-8-7-9-11-19/h7-14,20,25H,15-17H2,1-6H3/q+1/t20-/m0/s1. The van der Waals surface area contributed by atoms with E-state index in [1.165, 1.54) is 16.7 Å². The molecule has 3 nitrogen and oxygen atoms in total. The van der Waals surface area contributed by atoms with Gasteiger partial charge < -0.3 is 14.3 Å². The lowest BCUT2D eigenvalue weighted by atomic mass is 9.85. The zero-order valence-corrected chi connectivity index (χ0v) is 17.1. The quantitative estimate of drug-likeness (QED) is 0.749. The Morgan fingerprint density at radius 1 is 1.04 bits per heavy atom. The summed E-state index contributed by atoms with van der Waals surface area (Å²) in [5.41, 5.74) is 3.69. The van der Waals surface area contributed by atoms with Crippen molar-refractivity contribution in [2.24, 2.45) is 0 Å². The number of benzene rings is 2. The highest BCUT2D eigenvalue weighted by Crippen LogP contribution is 2.32. The van der Waals surface area contributed by atoms with Gasteiger partial charge in [0.15, 0.2) is 0 Å². The fraction of sp³-hybridized carbons (Fsp3) is 0.478. The zero-order valence-electron chi connectivity index (χ0n) is 17.1. The minimum Gasteiger partial charge on any atom is -0.490 e. The van der Waals surface area contributed by atoms with Gasteiger partial charge in [0.05, 0.1) is 14.1 Å². The van der Waals surface area contributed by atoms with Crippen LogP contribution in [0.15, 0.2) is 48.5 Å². The Balaban J connectivity index is 1.97. The molecule has 3 heteroatoms. The Kier molecular flexibility index (Phi) is 6.48. The van der Waals surface area contributed by atoms with Crippen LogP contribution in [0.25, 0.3) is 0 Å².